The van der Waals surface area contributed by atoms with Crippen LogP contribution in [0.2, 0.25) is 0 Å². The molecule has 21 heavy (non-hydrogen) atoms. The molecule has 1 aliphatic rings. The molecule has 2 aromatic rings. The van der Waals surface area contributed by atoms with Crippen LogP contribution in [0.4, 0.5) is 0 Å². The van der Waals surface area contributed by atoms with E-state index in [1.54, 1.807) is 31.2 Å². The van der Waals surface area contributed by atoms with Gasteiger partial charge in [0.15, 0.2) is 5.69 Å². The molecule has 1 amide bonds. The first-order valence-corrected chi connectivity index (χ1v) is 6.86. The van der Waals surface area contributed by atoms with Crippen LogP contribution in [0.25, 0.3) is 0 Å². The fraction of sp³-hybridized carbons (Fsp3) is 0.267. The largest absolute Gasteiger partial charge is 0.507 e. The van der Waals surface area contributed by atoms with E-state index in [1.807, 2.05) is 0 Å². The molecule has 6 heteroatoms. The first kappa shape index (κ1) is 13.4. The van der Waals surface area contributed by atoms with E-state index in [0.29, 0.717) is 17.0 Å². The monoisotopic (exact) mass is 284 g/mol. The van der Waals surface area contributed by atoms with Crippen LogP contribution in [0.3, 0.4) is 0 Å². The van der Waals surface area contributed by atoms with Gasteiger partial charge in [0, 0.05) is 16.8 Å². The molecule has 1 aromatic heterocycles. The second-order valence-corrected chi connectivity index (χ2v) is 5.04. The average molecular weight is 284 g/mol. The Morgan fingerprint density at radius 1 is 1.38 bits per heavy atom. The number of fused-ring (bicyclic) bond motifs is 1. The molecule has 108 valence electrons. The molecule has 0 fully saturated rings. The number of H-pyrrole nitrogens is 1. The predicted molar refractivity (Wildman–Crippen MR) is 78.4 cm³/mol. The summed E-state index contributed by atoms with van der Waals surface area (Å²) in [5.41, 5.74) is 6.06. The smallest absolute Gasteiger partial charge is 0.292 e. The number of hydrazone groups is 1. The van der Waals surface area contributed by atoms with E-state index in [9.17, 15) is 9.90 Å². The lowest BCUT2D eigenvalue weighted by Gasteiger charge is -2.04. The molecular weight excluding hydrogens is 268 g/mol. The minimum absolute atomic E-state index is 0.133. The van der Waals surface area contributed by atoms with Crippen LogP contribution >= 0.6 is 0 Å². The number of nitrogens with zero attached hydrogens (tertiary/aromatic N) is 2. The highest BCUT2D eigenvalue weighted by Crippen LogP contribution is 2.22. The van der Waals surface area contributed by atoms with Gasteiger partial charge in [0.05, 0.1) is 5.71 Å². The van der Waals surface area contributed by atoms with Crippen LogP contribution in [0, 0.1) is 0 Å². The van der Waals surface area contributed by atoms with Gasteiger partial charge in [-0.25, -0.2) is 5.43 Å². The maximum atomic E-state index is 12.1. The van der Waals surface area contributed by atoms with E-state index < -0.39 is 0 Å². The first-order chi connectivity index (χ1) is 10.2. The Bertz CT molecular complexity index is 718. The molecule has 1 aliphatic carbocycles. The number of carbonyl (C=O) groups excluding carboxylic acids is 1. The lowest BCUT2D eigenvalue weighted by molar-refractivity contribution is 0.0949. The number of phenolic OH excluding ortho intramolecular Hbond substituents is 1. The molecule has 0 aliphatic heterocycles. The standard InChI is InChI=1S/C15H16N4O2/c1-9(10-5-2-3-8-13(10)20)16-19-15(21)14-11-6-4-7-12(11)17-18-14/h2-3,5,8,20H,4,6-7H2,1H3,(H,17,18)(H,19,21). The highest BCUT2D eigenvalue weighted by molar-refractivity contribution is 6.02. The fourth-order valence-electron chi connectivity index (χ4n) is 2.53. The van der Waals surface area contributed by atoms with Gasteiger partial charge < -0.3 is 5.11 Å². The fourth-order valence-corrected chi connectivity index (χ4v) is 2.53. The zero-order valence-corrected chi connectivity index (χ0v) is 11.7. The van der Waals surface area contributed by atoms with Crippen molar-refractivity contribution in [3.8, 4) is 5.75 Å². The SMILES string of the molecule is CC(=NNC(=O)c1n[nH]c2c1CCC2)c1ccccc1O. The van der Waals surface area contributed by atoms with Crippen LogP contribution < -0.4 is 5.43 Å². The molecular formula is C15H16N4O2. The van der Waals surface area contributed by atoms with E-state index in [2.05, 4.69) is 20.7 Å². The Kier molecular flexibility index (Phi) is 3.43. The van der Waals surface area contributed by atoms with E-state index >= 15 is 0 Å². The van der Waals surface area contributed by atoms with Crippen molar-refractivity contribution in [2.24, 2.45) is 5.10 Å². The predicted octanol–water partition coefficient (Wildman–Crippen LogP) is 1.76. The summed E-state index contributed by atoms with van der Waals surface area (Å²) in [7, 11) is 0. The first-order valence-electron chi connectivity index (χ1n) is 6.86. The molecule has 3 rings (SSSR count). The van der Waals surface area contributed by atoms with Gasteiger partial charge in [-0.2, -0.15) is 10.2 Å². The van der Waals surface area contributed by atoms with Gasteiger partial charge in [0.25, 0.3) is 5.91 Å². The number of para-hydroxylation sites is 1. The number of amides is 1. The normalized spacial score (nSPS) is 14.0. The summed E-state index contributed by atoms with van der Waals surface area (Å²) in [4.78, 5) is 12.1. The third-order valence-corrected chi connectivity index (χ3v) is 3.64. The number of rotatable bonds is 3. The molecule has 0 bridgehead atoms. The Hall–Kier alpha value is -2.63. The van der Waals surface area contributed by atoms with Crippen LogP contribution in [0.15, 0.2) is 29.4 Å². The second-order valence-electron chi connectivity index (χ2n) is 5.04. The number of carbonyl (C=O) groups is 1. The summed E-state index contributed by atoms with van der Waals surface area (Å²) in [6, 6.07) is 6.86. The van der Waals surface area contributed by atoms with Gasteiger partial charge >= 0.3 is 0 Å². The van der Waals surface area contributed by atoms with Crippen LogP contribution in [-0.2, 0) is 12.8 Å². The Balaban J connectivity index is 1.76. The van der Waals surface area contributed by atoms with Crippen LogP contribution in [0.5, 0.6) is 5.75 Å². The zero-order chi connectivity index (χ0) is 14.8. The van der Waals surface area contributed by atoms with Crippen molar-refractivity contribution < 1.29 is 9.90 Å². The van der Waals surface area contributed by atoms with Crippen molar-refractivity contribution in [3.63, 3.8) is 0 Å². The van der Waals surface area contributed by atoms with Crippen molar-refractivity contribution in [1.82, 2.24) is 15.6 Å². The molecule has 1 heterocycles. The van der Waals surface area contributed by atoms with Gasteiger partial charge in [-0.15, -0.1) is 0 Å². The number of aromatic hydroxyl groups is 1. The molecule has 0 radical (unpaired) electrons. The number of benzene rings is 1. The Labute approximate surface area is 121 Å². The van der Waals surface area contributed by atoms with Gasteiger partial charge in [-0.3, -0.25) is 9.89 Å². The van der Waals surface area contributed by atoms with Crippen LogP contribution in [-0.4, -0.2) is 26.9 Å². The Morgan fingerprint density at radius 2 is 2.19 bits per heavy atom. The number of aromatic amines is 1. The molecule has 0 unspecified atom stereocenters. The summed E-state index contributed by atoms with van der Waals surface area (Å²) < 4.78 is 0. The molecule has 0 spiro atoms. The minimum atomic E-state index is -0.329. The summed E-state index contributed by atoms with van der Waals surface area (Å²) in [6.07, 6.45) is 2.86. The molecule has 3 N–H and O–H groups in total. The number of phenols is 1. The molecule has 0 saturated carbocycles. The van der Waals surface area contributed by atoms with Gasteiger partial charge in [0.2, 0.25) is 0 Å². The van der Waals surface area contributed by atoms with Crippen molar-refractivity contribution in [2.45, 2.75) is 26.2 Å². The van der Waals surface area contributed by atoms with Crippen LogP contribution in [0.1, 0.15) is 40.7 Å². The van der Waals surface area contributed by atoms with E-state index in [-0.39, 0.29) is 11.7 Å². The molecule has 0 atom stereocenters. The van der Waals surface area contributed by atoms with Crippen molar-refractivity contribution >= 4 is 11.6 Å². The minimum Gasteiger partial charge on any atom is -0.507 e. The molecule has 0 saturated heterocycles. The number of aromatic nitrogens is 2. The van der Waals surface area contributed by atoms with Gasteiger partial charge in [-0.1, -0.05) is 12.1 Å². The number of aryl methyl sites for hydroxylation is 1. The maximum absolute atomic E-state index is 12.1. The maximum Gasteiger partial charge on any atom is 0.292 e. The lowest BCUT2D eigenvalue weighted by atomic mass is 10.1. The average Bonchev–Trinajstić information content (AvgIpc) is 3.07. The van der Waals surface area contributed by atoms with Crippen molar-refractivity contribution in [2.75, 3.05) is 0 Å². The second kappa shape index (κ2) is 5.40. The third kappa shape index (κ3) is 2.52. The molecule has 6 nitrogen and oxygen atoms in total. The summed E-state index contributed by atoms with van der Waals surface area (Å²) >= 11 is 0. The van der Waals surface area contributed by atoms with Crippen molar-refractivity contribution in [3.05, 3.63) is 46.8 Å². The topological polar surface area (TPSA) is 90.4 Å². The highest BCUT2D eigenvalue weighted by atomic mass is 16.3. The highest BCUT2D eigenvalue weighted by Gasteiger charge is 2.22. The van der Waals surface area contributed by atoms with Gasteiger partial charge in [0.1, 0.15) is 5.75 Å². The summed E-state index contributed by atoms with van der Waals surface area (Å²) in [6.45, 7) is 1.73. The zero-order valence-electron chi connectivity index (χ0n) is 11.7. The number of nitrogens with one attached hydrogen (secondary N) is 2. The van der Waals surface area contributed by atoms with E-state index in [1.165, 1.54) is 0 Å². The third-order valence-electron chi connectivity index (χ3n) is 3.64. The molecule has 1 aromatic carbocycles. The van der Waals surface area contributed by atoms with Crippen molar-refractivity contribution in [1.29, 1.82) is 0 Å². The summed E-state index contributed by atoms with van der Waals surface area (Å²) in [5, 5.41) is 20.7. The number of hydrogen-bond acceptors (Lipinski definition) is 4. The van der Waals surface area contributed by atoms with E-state index in [4.69, 9.17) is 0 Å². The number of hydrogen-bond donors (Lipinski definition) is 3. The van der Waals surface area contributed by atoms with Gasteiger partial charge in [-0.05, 0) is 38.3 Å². The quantitative estimate of drug-likeness (QED) is 0.592. The van der Waals surface area contributed by atoms with E-state index in [0.717, 1.165) is 30.5 Å². The Morgan fingerprint density at radius 3 is 3.00 bits per heavy atom. The lowest BCUT2D eigenvalue weighted by Crippen LogP contribution is -2.21. The summed E-state index contributed by atoms with van der Waals surface area (Å²) in [5.74, 6) is -0.196.